The molecule has 1 N–H and O–H groups in total. The normalized spacial score (nSPS) is 12.5. The zero-order chi connectivity index (χ0) is 16.8. The lowest BCUT2D eigenvalue weighted by molar-refractivity contribution is -0.117. The summed E-state index contributed by atoms with van der Waals surface area (Å²) in [4.78, 5) is 12.0. The number of furan rings is 1. The molecule has 0 aliphatic carbocycles. The van der Waals surface area contributed by atoms with Gasteiger partial charge in [-0.05, 0) is 49.7 Å². The van der Waals surface area contributed by atoms with Crippen LogP contribution in [-0.2, 0) is 4.79 Å². The molecule has 1 aromatic heterocycles. The molecule has 0 aliphatic heterocycles. The van der Waals surface area contributed by atoms with Crippen molar-refractivity contribution >= 4 is 12.0 Å². The summed E-state index contributed by atoms with van der Waals surface area (Å²) < 4.78 is 18.5. The van der Waals surface area contributed by atoms with Crippen LogP contribution in [0.3, 0.4) is 0 Å². The first-order valence-corrected chi connectivity index (χ1v) is 7.32. The minimum atomic E-state index is -0.429. The van der Waals surface area contributed by atoms with Crippen molar-refractivity contribution in [3.63, 3.8) is 0 Å². The minimum Gasteiger partial charge on any atom is -0.457 e. The lowest BCUT2D eigenvalue weighted by atomic mass is 10.2. The van der Waals surface area contributed by atoms with E-state index in [2.05, 4.69) is 5.32 Å². The summed E-state index contributed by atoms with van der Waals surface area (Å²) >= 11 is 0. The third-order valence-electron chi connectivity index (χ3n) is 3.40. The van der Waals surface area contributed by atoms with E-state index in [-0.39, 0.29) is 17.4 Å². The van der Waals surface area contributed by atoms with Crippen LogP contribution in [0.15, 0.2) is 46.4 Å². The van der Waals surface area contributed by atoms with Crippen molar-refractivity contribution in [3.8, 4) is 17.4 Å². The van der Waals surface area contributed by atoms with E-state index in [1.165, 1.54) is 18.2 Å². The summed E-state index contributed by atoms with van der Waals surface area (Å²) in [5.74, 6) is 0.173. The van der Waals surface area contributed by atoms with E-state index in [1.54, 1.807) is 24.3 Å². The van der Waals surface area contributed by atoms with E-state index in [4.69, 9.17) is 9.68 Å². The quantitative estimate of drug-likeness (QED) is 0.672. The number of nitrogens with zero attached hydrogens (tertiary/aromatic N) is 1. The van der Waals surface area contributed by atoms with Crippen molar-refractivity contribution < 1.29 is 13.6 Å². The highest BCUT2D eigenvalue weighted by molar-refractivity contribution is 6.01. The summed E-state index contributed by atoms with van der Waals surface area (Å²) in [6, 6.07) is 11.1. The lowest BCUT2D eigenvalue weighted by Crippen LogP contribution is -2.32. The topological polar surface area (TPSA) is 66.0 Å². The molecule has 0 saturated carbocycles. The van der Waals surface area contributed by atoms with Gasteiger partial charge in [0.25, 0.3) is 5.91 Å². The first-order valence-electron chi connectivity index (χ1n) is 7.32. The molecule has 118 valence electrons. The van der Waals surface area contributed by atoms with Gasteiger partial charge >= 0.3 is 0 Å². The Kier molecular flexibility index (Phi) is 5.32. The maximum absolute atomic E-state index is 12.9. The van der Waals surface area contributed by atoms with Crippen LogP contribution < -0.4 is 5.32 Å². The van der Waals surface area contributed by atoms with Crippen molar-refractivity contribution in [2.24, 2.45) is 0 Å². The average molecular weight is 312 g/mol. The van der Waals surface area contributed by atoms with Crippen LogP contribution in [0.4, 0.5) is 4.39 Å². The molecule has 0 spiro atoms. The van der Waals surface area contributed by atoms with E-state index in [0.717, 1.165) is 6.42 Å². The van der Waals surface area contributed by atoms with E-state index in [0.29, 0.717) is 17.1 Å². The molecule has 1 amide bonds. The van der Waals surface area contributed by atoms with Crippen LogP contribution in [0, 0.1) is 17.1 Å². The number of nitrogens with one attached hydrogen (secondary N) is 1. The number of carbonyl (C=O) groups is 1. The molecule has 1 atom stereocenters. The second-order valence-corrected chi connectivity index (χ2v) is 5.16. The SMILES string of the molecule is CC[C@H](C)NC(=O)/C(C#N)=C/c1ccc(-c2ccc(F)cc2)o1. The highest BCUT2D eigenvalue weighted by atomic mass is 19.1. The second-order valence-electron chi connectivity index (χ2n) is 5.16. The van der Waals surface area contributed by atoms with Crippen molar-refractivity contribution in [2.75, 3.05) is 0 Å². The van der Waals surface area contributed by atoms with Gasteiger partial charge in [-0.3, -0.25) is 4.79 Å². The Balaban J connectivity index is 2.20. The van der Waals surface area contributed by atoms with Crippen LogP contribution in [0.1, 0.15) is 26.0 Å². The monoisotopic (exact) mass is 312 g/mol. The highest BCUT2D eigenvalue weighted by Gasteiger charge is 2.12. The Morgan fingerprint density at radius 3 is 2.65 bits per heavy atom. The van der Waals surface area contributed by atoms with Crippen molar-refractivity contribution in [1.82, 2.24) is 5.32 Å². The number of amides is 1. The second kappa shape index (κ2) is 7.41. The Labute approximate surface area is 134 Å². The molecule has 1 heterocycles. The first kappa shape index (κ1) is 16.5. The Morgan fingerprint density at radius 1 is 1.35 bits per heavy atom. The predicted octanol–water partition coefficient (Wildman–Crippen LogP) is 3.91. The summed E-state index contributed by atoms with van der Waals surface area (Å²) in [6.45, 7) is 3.81. The van der Waals surface area contributed by atoms with Gasteiger partial charge < -0.3 is 9.73 Å². The fourth-order valence-electron chi connectivity index (χ4n) is 1.89. The van der Waals surface area contributed by atoms with E-state index in [9.17, 15) is 9.18 Å². The summed E-state index contributed by atoms with van der Waals surface area (Å²) in [5, 5.41) is 11.9. The number of halogens is 1. The average Bonchev–Trinajstić information content (AvgIpc) is 3.01. The summed E-state index contributed by atoms with van der Waals surface area (Å²) in [6.07, 6.45) is 2.17. The predicted molar refractivity (Wildman–Crippen MR) is 85.6 cm³/mol. The molecular weight excluding hydrogens is 295 g/mol. The van der Waals surface area contributed by atoms with Crippen LogP contribution in [0.5, 0.6) is 0 Å². The van der Waals surface area contributed by atoms with Gasteiger partial charge in [0.1, 0.15) is 29.0 Å². The molecule has 0 saturated heterocycles. The number of carbonyl (C=O) groups excluding carboxylic acids is 1. The molecule has 0 bridgehead atoms. The minimum absolute atomic E-state index is 0.00868. The zero-order valence-corrected chi connectivity index (χ0v) is 13.0. The van der Waals surface area contributed by atoms with Gasteiger partial charge in [0.15, 0.2) is 0 Å². The molecule has 4 nitrogen and oxygen atoms in total. The Morgan fingerprint density at radius 2 is 2.04 bits per heavy atom. The molecule has 2 rings (SSSR count). The van der Waals surface area contributed by atoms with Gasteiger partial charge in [0.05, 0.1) is 0 Å². The lowest BCUT2D eigenvalue weighted by Gasteiger charge is -2.09. The first-order chi connectivity index (χ1) is 11.0. The van der Waals surface area contributed by atoms with Gasteiger partial charge in [0.2, 0.25) is 0 Å². The fraction of sp³-hybridized carbons (Fsp3) is 0.222. The standard InChI is InChI=1S/C18H17FN2O2/c1-3-12(2)21-18(22)14(11-20)10-16-8-9-17(23-16)13-4-6-15(19)7-5-13/h4-10,12H,3H2,1-2H3,(H,21,22)/b14-10+/t12-/m0/s1. The summed E-state index contributed by atoms with van der Waals surface area (Å²) in [5.41, 5.74) is 0.693. The maximum atomic E-state index is 12.9. The Hall–Kier alpha value is -2.87. The van der Waals surface area contributed by atoms with Gasteiger partial charge in [-0.25, -0.2) is 4.39 Å². The van der Waals surface area contributed by atoms with E-state index >= 15 is 0 Å². The smallest absolute Gasteiger partial charge is 0.262 e. The van der Waals surface area contributed by atoms with Gasteiger partial charge in [-0.15, -0.1) is 0 Å². The zero-order valence-electron chi connectivity index (χ0n) is 13.0. The molecule has 23 heavy (non-hydrogen) atoms. The molecule has 0 radical (unpaired) electrons. The number of hydrogen-bond donors (Lipinski definition) is 1. The third-order valence-corrected chi connectivity index (χ3v) is 3.40. The fourth-order valence-corrected chi connectivity index (χ4v) is 1.89. The molecule has 5 heteroatoms. The largest absolute Gasteiger partial charge is 0.457 e. The van der Waals surface area contributed by atoms with Crippen molar-refractivity contribution in [1.29, 1.82) is 5.26 Å². The van der Waals surface area contributed by atoms with E-state index in [1.807, 2.05) is 19.9 Å². The number of rotatable bonds is 5. The molecule has 0 fully saturated rings. The van der Waals surface area contributed by atoms with Gasteiger partial charge in [-0.2, -0.15) is 5.26 Å². The number of nitriles is 1. The molecule has 2 aromatic rings. The summed E-state index contributed by atoms with van der Waals surface area (Å²) in [7, 11) is 0. The van der Waals surface area contributed by atoms with Crippen LogP contribution in [0.2, 0.25) is 0 Å². The third kappa shape index (κ3) is 4.30. The molecule has 0 unspecified atom stereocenters. The van der Waals surface area contributed by atoms with Gasteiger partial charge in [-0.1, -0.05) is 6.92 Å². The van der Waals surface area contributed by atoms with Crippen molar-refractivity contribution in [2.45, 2.75) is 26.3 Å². The number of hydrogen-bond acceptors (Lipinski definition) is 3. The maximum Gasteiger partial charge on any atom is 0.262 e. The van der Waals surface area contributed by atoms with Crippen LogP contribution in [-0.4, -0.2) is 11.9 Å². The van der Waals surface area contributed by atoms with Gasteiger partial charge in [0, 0.05) is 17.7 Å². The number of benzene rings is 1. The Bertz CT molecular complexity index is 754. The highest BCUT2D eigenvalue weighted by Crippen LogP contribution is 2.23. The molecule has 0 aliphatic rings. The molecule has 1 aromatic carbocycles. The van der Waals surface area contributed by atoms with Crippen molar-refractivity contribution in [3.05, 3.63) is 53.5 Å². The van der Waals surface area contributed by atoms with Crippen LogP contribution >= 0.6 is 0 Å². The van der Waals surface area contributed by atoms with E-state index < -0.39 is 5.91 Å². The van der Waals surface area contributed by atoms with Crippen LogP contribution in [0.25, 0.3) is 17.4 Å². The molecular formula is C18H17FN2O2.